The Morgan fingerprint density at radius 3 is 2.62 bits per heavy atom. The molecule has 0 radical (unpaired) electrons. The number of hydrogen-bond donors (Lipinski definition) is 1. The molecule has 0 saturated heterocycles. The lowest BCUT2D eigenvalue weighted by Crippen LogP contribution is -2.16. The van der Waals surface area contributed by atoms with Crippen LogP contribution in [-0.4, -0.2) is 9.97 Å². The van der Waals surface area contributed by atoms with Crippen molar-refractivity contribution < 1.29 is 13.2 Å². The average Bonchev–Trinajstić information content (AvgIpc) is 3.25. The predicted octanol–water partition coefficient (Wildman–Crippen LogP) is 3.94. The standard InChI is InChI=1S/C14H10F3IN2O/c15-14(16,17)9-3-1-2-8(6-9)12-19-11(7-4-5-7)10(18)13(21)20-12/h1-3,6-7H,4-5H2,(H,19,20,21). The summed E-state index contributed by atoms with van der Waals surface area (Å²) in [6.07, 6.45) is -2.48. The van der Waals surface area contributed by atoms with Crippen molar-refractivity contribution in [3.8, 4) is 11.4 Å². The number of benzene rings is 1. The summed E-state index contributed by atoms with van der Waals surface area (Å²) < 4.78 is 38.8. The maximum atomic E-state index is 12.8. The van der Waals surface area contributed by atoms with Crippen molar-refractivity contribution in [3.05, 3.63) is 49.4 Å². The Hall–Kier alpha value is -1.38. The molecule has 0 atom stereocenters. The van der Waals surface area contributed by atoms with Crippen molar-refractivity contribution in [2.75, 3.05) is 0 Å². The molecule has 1 aromatic carbocycles. The first-order valence-corrected chi connectivity index (χ1v) is 7.41. The van der Waals surface area contributed by atoms with Crippen molar-refractivity contribution in [3.63, 3.8) is 0 Å². The van der Waals surface area contributed by atoms with E-state index in [9.17, 15) is 18.0 Å². The van der Waals surface area contributed by atoms with Crippen LogP contribution in [0.25, 0.3) is 11.4 Å². The second-order valence-corrected chi connectivity index (χ2v) is 6.05. The van der Waals surface area contributed by atoms with Gasteiger partial charge in [-0.2, -0.15) is 13.2 Å². The molecule has 0 amide bonds. The van der Waals surface area contributed by atoms with Crippen LogP contribution in [0, 0.1) is 3.57 Å². The number of H-pyrrole nitrogens is 1. The SMILES string of the molecule is O=c1[nH]c(-c2cccc(C(F)(F)F)c2)nc(C2CC2)c1I. The Balaban J connectivity index is 2.11. The first-order chi connectivity index (χ1) is 9.86. The van der Waals surface area contributed by atoms with Gasteiger partial charge in [-0.25, -0.2) is 4.98 Å². The molecular formula is C14H10F3IN2O. The summed E-state index contributed by atoms with van der Waals surface area (Å²) in [5.74, 6) is 0.442. The van der Waals surface area contributed by atoms with Crippen molar-refractivity contribution in [2.45, 2.75) is 24.9 Å². The van der Waals surface area contributed by atoms with Gasteiger partial charge in [-0.1, -0.05) is 12.1 Å². The summed E-state index contributed by atoms with van der Waals surface area (Å²) in [7, 11) is 0. The lowest BCUT2D eigenvalue weighted by Gasteiger charge is -2.09. The van der Waals surface area contributed by atoms with Gasteiger partial charge in [-0.3, -0.25) is 4.79 Å². The first-order valence-electron chi connectivity index (χ1n) is 6.33. The highest BCUT2D eigenvalue weighted by Gasteiger charge is 2.31. The highest BCUT2D eigenvalue weighted by atomic mass is 127. The summed E-state index contributed by atoms with van der Waals surface area (Å²) in [5.41, 5.74) is -0.110. The van der Waals surface area contributed by atoms with Gasteiger partial charge in [-0.05, 0) is 47.6 Å². The van der Waals surface area contributed by atoms with E-state index in [1.54, 1.807) is 0 Å². The molecule has 0 aliphatic heterocycles. The Kier molecular flexibility index (Phi) is 3.54. The Morgan fingerprint density at radius 1 is 1.29 bits per heavy atom. The van der Waals surface area contributed by atoms with E-state index in [1.807, 2.05) is 22.6 Å². The molecule has 1 N–H and O–H groups in total. The number of hydrogen-bond acceptors (Lipinski definition) is 2. The predicted molar refractivity (Wildman–Crippen MR) is 80.0 cm³/mol. The van der Waals surface area contributed by atoms with E-state index in [1.165, 1.54) is 12.1 Å². The molecule has 1 aliphatic rings. The molecule has 3 rings (SSSR count). The minimum absolute atomic E-state index is 0.188. The summed E-state index contributed by atoms with van der Waals surface area (Å²) >= 11 is 1.93. The topological polar surface area (TPSA) is 45.8 Å². The zero-order chi connectivity index (χ0) is 15.2. The minimum Gasteiger partial charge on any atom is -0.306 e. The van der Waals surface area contributed by atoms with Gasteiger partial charge in [-0.15, -0.1) is 0 Å². The molecule has 110 valence electrons. The van der Waals surface area contributed by atoms with E-state index in [4.69, 9.17) is 0 Å². The van der Waals surface area contributed by atoms with Crippen molar-refractivity contribution in [1.82, 2.24) is 9.97 Å². The fourth-order valence-corrected chi connectivity index (χ4v) is 2.78. The van der Waals surface area contributed by atoms with Gasteiger partial charge in [0.15, 0.2) is 0 Å². The smallest absolute Gasteiger partial charge is 0.306 e. The molecule has 0 bridgehead atoms. The van der Waals surface area contributed by atoms with Crippen LogP contribution in [0.5, 0.6) is 0 Å². The first kappa shape index (κ1) is 14.6. The summed E-state index contributed by atoms with van der Waals surface area (Å²) in [4.78, 5) is 18.8. The molecule has 0 unspecified atom stereocenters. The second-order valence-electron chi connectivity index (χ2n) is 4.97. The maximum absolute atomic E-state index is 12.8. The number of nitrogens with zero attached hydrogens (tertiary/aromatic N) is 1. The van der Waals surface area contributed by atoms with Gasteiger partial charge in [0, 0.05) is 11.5 Å². The summed E-state index contributed by atoms with van der Waals surface area (Å²) in [6, 6.07) is 4.82. The van der Waals surface area contributed by atoms with Crippen LogP contribution in [0.15, 0.2) is 29.1 Å². The van der Waals surface area contributed by atoms with E-state index in [-0.39, 0.29) is 22.9 Å². The highest BCUT2D eigenvalue weighted by molar-refractivity contribution is 14.1. The van der Waals surface area contributed by atoms with E-state index >= 15 is 0 Å². The Morgan fingerprint density at radius 2 is 2.00 bits per heavy atom. The number of nitrogens with one attached hydrogen (secondary N) is 1. The van der Waals surface area contributed by atoms with Gasteiger partial charge in [0.25, 0.3) is 5.56 Å². The third-order valence-corrected chi connectivity index (χ3v) is 4.36. The van der Waals surface area contributed by atoms with E-state index in [2.05, 4.69) is 9.97 Å². The Bertz CT molecular complexity index is 751. The maximum Gasteiger partial charge on any atom is 0.416 e. The van der Waals surface area contributed by atoms with Crippen LogP contribution in [0.3, 0.4) is 0 Å². The van der Waals surface area contributed by atoms with Crippen molar-refractivity contribution in [2.24, 2.45) is 0 Å². The normalized spacial score (nSPS) is 15.2. The Labute approximate surface area is 131 Å². The molecule has 2 aromatic rings. The van der Waals surface area contributed by atoms with E-state index in [0.29, 0.717) is 9.26 Å². The molecular weight excluding hydrogens is 396 g/mol. The number of alkyl halides is 3. The third kappa shape index (κ3) is 2.97. The van der Waals surface area contributed by atoms with Crippen molar-refractivity contribution >= 4 is 22.6 Å². The van der Waals surface area contributed by atoms with Crippen LogP contribution < -0.4 is 5.56 Å². The van der Waals surface area contributed by atoms with Gasteiger partial charge < -0.3 is 4.98 Å². The van der Waals surface area contributed by atoms with Gasteiger partial charge in [0.05, 0.1) is 14.8 Å². The van der Waals surface area contributed by atoms with Crippen LogP contribution >= 0.6 is 22.6 Å². The lowest BCUT2D eigenvalue weighted by atomic mass is 10.1. The fraction of sp³-hybridized carbons (Fsp3) is 0.286. The molecule has 1 heterocycles. The van der Waals surface area contributed by atoms with Gasteiger partial charge in [0.2, 0.25) is 0 Å². The lowest BCUT2D eigenvalue weighted by molar-refractivity contribution is -0.137. The third-order valence-electron chi connectivity index (χ3n) is 3.32. The summed E-state index contributed by atoms with van der Waals surface area (Å²) in [5, 5.41) is 0. The molecule has 1 aliphatic carbocycles. The number of halogens is 4. The van der Waals surface area contributed by atoms with E-state index < -0.39 is 11.7 Å². The molecule has 0 spiro atoms. The van der Waals surface area contributed by atoms with Crippen LogP contribution in [0.4, 0.5) is 13.2 Å². The monoisotopic (exact) mass is 406 g/mol. The van der Waals surface area contributed by atoms with Crippen LogP contribution in [0.1, 0.15) is 30.0 Å². The average molecular weight is 406 g/mol. The van der Waals surface area contributed by atoms with Gasteiger partial charge in [0.1, 0.15) is 5.82 Å². The zero-order valence-electron chi connectivity index (χ0n) is 10.7. The largest absolute Gasteiger partial charge is 0.416 e. The van der Waals surface area contributed by atoms with E-state index in [0.717, 1.165) is 25.0 Å². The van der Waals surface area contributed by atoms with Crippen LogP contribution in [-0.2, 0) is 6.18 Å². The number of aromatic amines is 1. The number of aromatic nitrogens is 2. The molecule has 1 aromatic heterocycles. The molecule has 1 fully saturated rings. The van der Waals surface area contributed by atoms with Crippen molar-refractivity contribution in [1.29, 1.82) is 0 Å². The molecule has 7 heteroatoms. The second kappa shape index (κ2) is 5.11. The van der Waals surface area contributed by atoms with Crippen LogP contribution in [0.2, 0.25) is 0 Å². The molecule has 21 heavy (non-hydrogen) atoms. The molecule has 1 saturated carbocycles. The highest BCUT2D eigenvalue weighted by Crippen LogP contribution is 2.40. The quantitative estimate of drug-likeness (QED) is 0.769. The zero-order valence-corrected chi connectivity index (χ0v) is 12.8. The number of rotatable bonds is 2. The minimum atomic E-state index is -4.42. The van der Waals surface area contributed by atoms with Gasteiger partial charge >= 0.3 is 6.18 Å². The molecule has 3 nitrogen and oxygen atoms in total. The summed E-state index contributed by atoms with van der Waals surface area (Å²) in [6.45, 7) is 0. The fourth-order valence-electron chi connectivity index (χ4n) is 2.08.